The third-order valence-electron chi connectivity index (χ3n) is 5.76. The van der Waals surface area contributed by atoms with E-state index < -0.39 is 0 Å². The molecule has 5 aromatic rings. The highest BCUT2D eigenvalue weighted by molar-refractivity contribution is 6.40. The largest absolute Gasteiger partial charge is 0.456 e. The van der Waals surface area contributed by atoms with Crippen LogP contribution in [-0.4, -0.2) is 0 Å². The van der Waals surface area contributed by atoms with E-state index in [0.29, 0.717) is 0 Å². The van der Waals surface area contributed by atoms with Gasteiger partial charge in [-0.25, -0.2) is 0 Å². The second kappa shape index (κ2) is 7.04. The summed E-state index contributed by atoms with van der Waals surface area (Å²) in [7, 11) is 0. The Morgan fingerprint density at radius 1 is 0.633 bits per heavy atom. The van der Waals surface area contributed by atoms with Crippen molar-refractivity contribution in [3.8, 4) is 22.3 Å². The lowest BCUT2D eigenvalue weighted by atomic mass is 9.86. The Balaban J connectivity index is 1.53. The van der Waals surface area contributed by atoms with E-state index in [1.165, 1.54) is 16.7 Å². The molecule has 0 atom stereocenters. The summed E-state index contributed by atoms with van der Waals surface area (Å²) in [6.07, 6.45) is 0. The number of furan rings is 1. The van der Waals surface area contributed by atoms with Crippen molar-refractivity contribution in [2.45, 2.75) is 26.2 Å². The topological polar surface area (TPSA) is 13.1 Å². The van der Waals surface area contributed by atoms with E-state index in [4.69, 9.17) is 16.0 Å². The molecule has 1 nitrogen and oxygen atoms in total. The number of hydrogen-bond donors (Lipinski definition) is 0. The Kier molecular flexibility index (Phi) is 4.45. The van der Waals surface area contributed by atoms with E-state index in [9.17, 15) is 0 Å². The molecule has 0 spiro atoms. The van der Waals surface area contributed by atoms with Gasteiger partial charge in [0.2, 0.25) is 0 Å². The Morgan fingerprint density at radius 2 is 1.23 bits per heavy atom. The molecule has 0 radical (unpaired) electrons. The Morgan fingerprint density at radius 3 is 1.90 bits per heavy atom. The highest BCUT2D eigenvalue weighted by atomic mass is 35.5. The van der Waals surface area contributed by atoms with Crippen LogP contribution in [0.5, 0.6) is 0 Å². The minimum Gasteiger partial charge on any atom is -0.456 e. The zero-order valence-corrected chi connectivity index (χ0v) is 18.1. The first kappa shape index (κ1) is 19.0. The molecule has 0 aliphatic rings. The lowest BCUT2D eigenvalue weighted by Gasteiger charge is -2.19. The fourth-order valence-electron chi connectivity index (χ4n) is 4.00. The fraction of sp³-hybridized carbons (Fsp3) is 0.143. The Hall–Kier alpha value is -3.03. The predicted molar refractivity (Wildman–Crippen MR) is 128 cm³/mol. The van der Waals surface area contributed by atoms with Crippen molar-refractivity contribution in [2.75, 3.05) is 0 Å². The SMILES string of the molecule is CC(C)(C)c1ccc(-c2ccc(-c3ccc4oc5ccccc5c4c3Cl)cc2)cc1. The molecule has 30 heavy (non-hydrogen) atoms. The van der Waals surface area contributed by atoms with Crippen LogP contribution in [0.1, 0.15) is 26.3 Å². The van der Waals surface area contributed by atoms with Gasteiger partial charge in [-0.2, -0.15) is 0 Å². The standard InChI is InChI=1S/C28H23ClO/c1-28(2,3)21-14-12-19(13-15-21)18-8-10-20(11-9-18)22-16-17-25-26(27(22)29)23-6-4-5-7-24(23)30-25/h4-17H,1-3H3. The summed E-state index contributed by atoms with van der Waals surface area (Å²) in [5.41, 5.74) is 7.72. The van der Waals surface area contributed by atoms with Crippen molar-refractivity contribution in [3.63, 3.8) is 0 Å². The van der Waals surface area contributed by atoms with Gasteiger partial charge in [0, 0.05) is 16.3 Å². The first-order valence-electron chi connectivity index (χ1n) is 10.2. The number of hydrogen-bond acceptors (Lipinski definition) is 1. The van der Waals surface area contributed by atoms with Crippen LogP contribution in [0.2, 0.25) is 5.02 Å². The second-order valence-corrected chi connectivity index (χ2v) is 9.18. The molecule has 2 heteroatoms. The summed E-state index contributed by atoms with van der Waals surface area (Å²) >= 11 is 6.85. The van der Waals surface area contributed by atoms with Gasteiger partial charge in [0.25, 0.3) is 0 Å². The highest BCUT2D eigenvalue weighted by Gasteiger charge is 2.15. The molecule has 0 saturated carbocycles. The molecule has 1 heterocycles. The minimum atomic E-state index is 0.162. The predicted octanol–water partition coefficient (Wildman–Crippen LogP) is 8.87. The molecule has 0 fully saturated rings. The average molecular weight is 411 g/mol. The van der Waals surface area contributed by atoms with Crippen LogP contribution in [0.4, 0.5) is 0 Å². The molecule has 0 N–H and O–H groups in total. The normalized spacial score (nSPS) is 12.0. The monoisotopic (exact) mass is 410 g/mol. The van der Waals surface area contributed by atoms with Gasteiger partial charge in [0.05, 0.1) is 5.02 Å². The summed E-state index contributed by atoms with van der Waals surface area (Å²) in [6.45, 7) is 6.71. The van der Waals surface area contributed by atoms with E-state index in [1.807, 2.05) is 30.3 Å². The third kappa shape index (κ3) is 3.20. The van der Waals surface area contributed by atoms with Gasteiger partial charge in [0.15, 0.2) is 0 Å². The summed E-state index contributed by atoms with van der Waals surface area (Å²) < 4.78 is 5.95. The molecule has 0 aliphatic carbocycles. The number of benzene rings is 4. The number of halogens is 1. The van der Waals surface area contributed by atoms with Crippen LogP contribution in [0.3, 0.4) is 0 Å². The first-order valence-corrected chi connectivity index (χ1v) is 10.6. The molecule has 0 aliphatic heterocycles. The van der Waals surface area contributed by atoms with Crippen LogP contribution >= 0.6 is 11.6 Å². The van der Waals surface area contributed by atoms with Crippen LogP contribution < -0.4 is 0 Å². The summed E-state index contributed by atoms with van der Waals surface area (Å²) in [5.74, 6) is 0. The van der Waals surface area contributed by atoms with Crippen molar-refractivity contribution >= 4 is 33.5 Å². The zero-order chi connectivity index (χ0) is 20.9. The van der Waals surface area contributed by atoms with E-state index in [-0.39, 0.29) is 5.41 Å². The van der Waals surface area contributed by atoms with Crippen LogP contribution in [0.25, 0.3) is 44.2 Å². The Labute approximate surface area is 181 Å². The minimum absolute atomic E-state index is 0.162. The van der Waals surface area contributed by atoms with Gasteiger partial charge >= 0.3 is 0 Å². The van der Waals surface area contributed by atoms with E-state index in [2.05, 4.69) is 75.4 Å². The Bertz CT molecular complexity index is 1350. The lowest BCUT2D eigenvalue weighted by Crippen LogP contribution is -2.10. The molecular weight excluding hydrogens is 388 g/mol. The maximum Gasteiger partial charge on any atom is 0.136 e. The third-order valence-corrected chi connectivity index (χ3v) is 6.15. The molecule has 0 bridgehead atoms. The smallest absolute Gasteiger partial charge is 0.136 e. The molecule has 0 amide bonds. The second-order valence-electron chi connectivity index (χ2n) is 8.80. The van der Waals surface area contributed by atoms with Gasteiger partial charge in [-0.1, -0.05) is 99.1 Å². The molecule has 1 aromatic heterocycles. The maximum absolute atomic E-state index is 6.85. The summed E-state index contributed by atoms with van der Waals surface area (Å²) in [4.78, 5) is 0. The van der Waals surface area contributed by atoms with Crippen LogP contribution in [0, 0.1) is 0 Å². The summed E-state index contributed by atoms with van der Waals surface area (Å²) in [5, 5.41) is 2.77. The van der Waals surface area contributed by atoms with Gasteiger partial charge < -0.3 is 4.42 Å². The average Bonchev–Trinajstić information content (AvgIpc) is 3.13. The van der Waals surface area contributed by atoms with Crippen molar-refractivity contribution in [2.24, 2.45) is 0 Å². The van der Waals surface area contributed by atoms with Crippen molar-refractivity contribution in [1.29, 1.82) is 0 Å². The van der Waals surface area contributed by atoms with Crippen molar-refractivity contribution in [1.82, 2.24) is 0 Å². The lowest BCUT2D eigenvalue weighted by molar-refractivity contribution is 0.590. The van der Waals surface area contributed by atoms with Gasteiger partial charge in [-0.3, -0.25) is 0 Å². The molecule has 148 valence electrons. The van der Waals surface area contributed by atoms with Crippen molar-refractivity contribution < 1.29 is 4.42 Å². The zero-order valence-electron chi connectivity index (χ0n) is 17.4. The van der Waals surface area contributed by atoms with E-state index >= 15 is 0 Å². The van der Waals surface area contributed by atoms with Crippen molar-refractivity contribution in [3.05, 3.63) is 95.5 Å². The van der Waals surface area contributed by atoms with E-state index in [1.54, 1.807) is 0 Å². The highest BCUT2D eigenvalue weighted by Crippen LogP contribution is 2.40. The molecule has 5 rings (SSSR count). The number of rotatable bonds is 2. The maximum atomic E-state index is 6.85. The van der Waals surface area contributed by atoms with Crippen LogP contribution in [-0.2, 0) is 5.41 Å². The van der Waals surface area contributed by atoms with E-state index in [0.717, 1.165) is 38.1 Å². The molecule has 0 unspecified atom stereocenters. The fourth-order valence-corrected chi connectivity index (χ4v) is 4.37. The quantitative estimate of drug-likeness (QED) is 0.283. The number of fused-ring (bicyclic) bond motifs is 3. The van der Waals surface area contributed by atoms with Gasteiger partial charge in [-0.05, 0) is 45.9 Å². The molecular formula is C28H23ClO. The summed E-state index contributed by atoms with van der Waals surface area (Å²) in [6, 6.07) is 29.5. The van der Waals surface area contributed by atoms with Crippen LogP contribution in [0.15, 0.2) is 89.3 Å². The molecule has 4 aromatic carbocycles. The first-order chi connectivity index (χ1) is 14.4. The van der Waals surface area contributed by atoms with Gasteiger partial charge in [0.1, 0.15) is 11.2 Å². The number of para-hydroxylation sites is 1. The molecule has 0 saturated heterocycles. The van der Waals surface area contributed by atoms with Gasteiger partial charge in [-0.15, -0.1) is 0 Å².